The molecule has 0 radical (unpaired) electrons. The lowest BCUT2D eigenvalue weighted by molar-refractivity contribution is -0.384. The predicted octanol–water partition coefficient (Wildman–Crippen LogP) is 2.63. The molecule has 0 aliphatic heterocycles. The second-order valence-electron chi connectivity index (χ2n) is 4.03. The molecule has 20 heavy (non-hydrogen) atoms. The van der Waals surface area contributed by atoms with E-state index in [9.17, 15) is 10.1 Å². The fourth-order valence-electron chi connectivity index (χ4n) is 1.63. The molecule has 3 N–H and O–H groups in total. The van der Waals surface area contributed by atoms with Crippen LogP contribution in [0.2, 0.25) is 4.34 Å². The summed E-state index contributed by atoms with van der Waals surface area (Å²) >= 11 is 7.33. The molecule has 0 atom stereocenters. The number of anilines is 2. The van der Waals surface area contributed by atoms with E-state index >= 15 is 0 Å². The fraction of sp³-hybridized carbons (Fsp3) is 0.182. The minimum atomic E-state index is -0.484. The molecular formula is C11H12ClN5O2S. The lowest BCUT2D eigenvalue weighted by atomic mass is 10.3. The molecular weight excluding hydrogens is 302 g/mol. The van der Waals surface area contributed by atoms with Crippen LogP contribution in [-0.4, -0.2) is 17.0 Å². The third-order valence-electron chi connectivity index (χ3n) is 2.57. The van der Waals surface area contributed by atoms with Crippen molar-refractivity contribution in [3.05, 3.63) is 43.6 Å². The molecule has 0 spiro atoms. The zero-order chi connectivity index (χ0) is 14.7. The number of rotatable bonds is 5. The molecule has 0 unspecified atom stereocenters. The van der Waals surface area contributed by atoms with Gasteiger partial charge in [-0.1, -0.05) is 11.6 Å². The summed E-state index contributed by atoms with van der Waals surface area (Å²) in [7, 11) is 1.79. The van der Waals surface area contributed by atoms with E-state index in [0.717, 1.165) is 4.88 Å². The molecule has 0 saturated carbocycles. The lowest BCUT2D eigenvalue weighted by Gasteiger charge is -2.17. The van der Waals surface area contributed by atoms with Gasteiger partial charge in [0.15, 0.2) is 0 Å². The topological polar surface area (TPSA) is 97.3 Å². The van der Waals surface area contributed by atoms with Crippen molar-refractivity contribution in [3.63, 3.8) is 0 Å². The number of hydrogen-bond donors (Lipinski definition) is 2. The van der Waals surface area contributed by atoms with Gasteiger partial charge >= 0.3 is 0 Å². The zero-order valence-corrected chi connectivity index (χ0v) is 12.1. The van der Waals surface area contributed by atoms with Gasteiger partial charge in [0.1, 0.15) is 11.6 Å². The van der Waals surface area contributed by atoms with Crippen LogP contribution in [0.3, 0.4) is 0 Å². The molecule has 0 aliphatic carbocycles. The second kappa shape index (κ2) is 6.04. The number of aromatic nitrogens is 1. The maximum absolute atomic E-state index is 10.9. The van der Waals surface area contributed by atoms with Crippen molar-refractivity contribution in [1.82, 2.24) is 4.98 Å². The number of nitrogens with two attached hydrogens (primary N) is 1. The van der Waals surface area contributed by atoms with E-state index in [-0.39, 0.29) is 11.5 Å². The van der Waals surface area contributed by atoms with E-state index < -0.39 is 4.92 Å². The number of halogens is 1. The van der Waals surface area contributed by atoms with E-state index in [0.29, 0.717) is 16.7 Å². The van der Waals surface area contributed by atoms with Crippen LogP contribution in [0, 0.1) is 10.1 Å². The van der Waals surface area contributed by atoms with Crippen LogP contribution < -0.4 is 16.2 Å². The number of nitrogen functional groups attached to an aromatic ring is 1. The van der Waals surface area contributed by atoms with E-state index in [2.05, 4.69) is 10.4 Å². The number of thiophene rings is 1. The summed E-state index contributed by atoms with van der Waals surface area (Å²) in [6.07, 6.45) is 0. The number of nitro groups is 1. The fourth-order valence-corrected chi connectivity index (χ4v) is 2.77. The van der Waals surface area contributed by atoms with Gasteiger partial charge in [-0.05, 0) is 12.1 Å². The zero-order valence-electron chi connectivity index (χ0n) is 10.5. The molecule has 0 amide bonds. The summed E-state index contributed by atoms with van der Waals surface area (Å²) in [4.78, 5) is 17.4. The lowest BCUT2D eigenvalue weighted by Crippen LogP contribution is -2.18. The molecule has 7 nitrogen and oxygen atoms in total. The highest BCUT2D eigenvalue weighted by Gasteiger charge is 2.14. The molecule has 2 rings (SSSR count). The molecule has 0 aromatic carbocycles. The quantitative estimate of drug-likeness (QED) is 0.500. The number of hydrogen-bond acceptors (Lipinski definition) is 7. The van der Waals surface area contributed by atoms with Crippen LogP contribution in [0.4, 0.5) is 17.3 Å². The van der Waals surface area contributed by atoms with Crippen molar-refractivity contribution in [2.75, 3.05) is 17.4 Å². The first-order chi connectivity index (χ1) is 9.49. The normalized spacial score (nSPS) is 10.3. The van der Waals surface area contributed by atoms with Crippen LogP contribution in [-0.2, 0) is 6.54 Å². The van der Waals surface area contributed by atoms with Gasteiger partial charge in [0.25, 0.3) is 5.69 Å². The van der Waals surface area contributed by atoms with E-state index in [1.54, 1.807) is 11.9 Å². The van der Waals surface area contributed by atoms with Crippen molar-refractivity contribution >= 4 is 40.3 Å². The van der Waals surface area contributed by atoms with Crippen molar-refractivity contribution < 1.29 is 4.92 Å². The van der Waals surface area contributed by atoms with Crippen molar-refractivity contribution in [2.24, 2.45) is 5.84 Å². The van der Waals surface area contributed by atoms with Crippen LogP contribution in [0.25, 0.3) is 0 Å². The first-order valence-electron chi connectivity index (χ1n) is 5.58. The van der Waals surface area contributed by atoms with Gasteiger partial charge in [0.2, 0.25) is 0 Å². The molecule has 0 saturated heterocycles. The van der Waals surface area contributed by atoms with Crippen LogP contribution in [0.5, 0.6) is 0 Å². The average molecular weight is 314 g/mol. The maximum atomic E-state index is 10.9. The van der Waals surface area contributed by atoms with Crippen LogP contribution in [0.1, 0.15) is 4.88 Å². The number of nitrogens with one attached hydrogen (secondary N) is 1. The Morgan fingerprint density at radius 1 is 1.55 bits per heavy atom. The van der Waals surface area contributed by atoms with Gasteiger partial charge in [0, 0.05) is 11.9 Å². The summed E-state index contributed by atoms with van der Waals surface area (Å²) < 4.78 is 0.699. The third kappa shape index (κ3) is 3.35. The van der Waals surface area contributed by atoms with Gasteiger partial charge in [-0.3, -0.25) is 10.1 Å². The minimum Gasteiger partial charge on any atom is -0.354 e. The predicted molar refractivity (Wildman–Crippen MR) is 80.1 cm³/mol. The van der Waals surface area contributed by atoms with Crippen LogP contribution >= 0.6 is 22.9 Å². The third-order valence-corrected chi connectivity index (χ3v) is 3.78. The Morgan fingerprint density at radius 3 is 2.85 bits per heavy atom. The van der Waals surface area contributed by atoms with Crippen molar-refractivity contribution in [3.8, 4) is 0 Å². The van der Waals surface area contributed by atoms with E-state index in [1.165, 1.54) is 23.5 Å². The largest absolute Gasteiger partial charge is 0.354 e. The molecule has 2 aromatic heterocycles. The monoisotopic (exact) mass is 313 g/mol. The molecule has 2 aromatic rings. The van der Waals surface area contributed by atoms with E-state index in [1.807, 2.05) is 12.1 Å². The highest BCUT2D eigenvalue weighted by molar-refractivity contribution is 7.16. The Hall–Kier alpha value is -1.90. The molecule has 0 fully saturated rings. The summed E-state index contributed by atoms with van der Waals surface area (Å²) in [5.74, 6) is 5.97. The number of pyridine rings is 1. The van der Waals surface area contributed by atoms with Crippen LogP contribution in [0.15, 0.2) is 24.3 Å². The Labute approximate surface area is 124 Å². The van der Waals surface area contributed by atoms with Crippen molar-refractivity contribution in [1.29, 1.82) is 0 Å². The highest BCUT2D eigenvalue weighted by Crippen LogP contribution is 2.26. The Kier molecular flexibility index (Phi) is 4.38. The highest BCUT2D eigenvalue weighted by atomic mass is 35.5. The average Bonchev–Trinajstić information content (AvgIpc) is 2.83. The van der Waals surface area contributed by atoms with Gasteiger partial charge in [-0.2, -0.15) is 0 Å². The van der Waals surface area contributed by atoms with Crippen molar-refractivity contribution in [2.45, 2.75) is 6.54 Å². The smallest absolute Gasteiger partial charge is 0.276 e. The summed E-state index contributed by atoms with van der Waals surface area (Å²) in [5.41, 5.74) is 2.25. The Balaban J connectivity index is 2.26. The van der Waals surface area contributed by atoms with Gasteiger partial charge in [0.05, 0.1) is 27.9 Å². The summed E-state index contributed by atoms with van der Waals surface area (Å²) in [5, 5.41) is 10.9. The molecule has 2 heterocycles. The molecule has 0 bridgehead atoms. The SMILES string of the molecule is CN(Cc1ccc(Cl)s1)c1cc([N+](=O)[O-])cc(NN)n1. The van der Waals surface area contributed by atoms with Gasteiger partial charge in [-0.25, -0.2) is 10.8 Å². The standard InChI is InChI=1S/C11H12ClN5O2S/c1-16(6-8-2-3-9(12)20-8)11-5-7(17(18)19)4-10(14-11)15-13/h2-5H,6,13H2,1H3,(H,14,15). The maximum Gasteiger partial charge on any atom is 0.276 e. The molecule has 106 valence electrons. The first-order valence-corrected chi connectivity index (χ1v) is 6.77. The second-order valence-corrected chi connectivity index (χ2v) is 5.83. The number of hydrazine groups is 1. The Bertz CT molecular complexity index is 633. The minimum absolute atomic E-state index is 0.0704. The molecule has 9 heteroatoms. The first kappa shape index (κ1) is 14.5. The van der Waals surface area contributed by atoms with E-state index in [4.69, 9.17) is 17.4 Å². The number of nitrogens with zero attached hydrogens (tertiary/aromatic N) is 3. The summed E-state index contributed by atoms with van der Waals surface area (Å²) in [6.45, 7) is 0.551. The summed E-state index contributed by atoms with van der Waals surface area (Å²) in [6, 6.07) is 6.39. The molecule has 0 aliphatic rings. The van der Waals surface area contributed by atoms with Gasteiger partial charge in [-0.15, -0.1) is 11.3 Å². The Morgan fingerprint density at radius 2 is 2.30 bits per heavy atom. The van der Waals surface area contributed by atoms with Gasteiger partial charge < -0.3 is 10.3 Å².